The number of nitrogens with one attached hydrogen (secondary N) is 1. The molecule has 0 aliphatic carbocycles. The second kappa shape index (κ2) is 7.72. The molecule has 3 nitrogen and oxygen atoms in total. The molecule has 2 aromatic rings. The first-order valence-electron chi connectivity index (χ1n) is 6.91. The van der Waals surface area contributed by atoms with Crippen LogP contribution >= 0.6 is 11.6 Å². The van der Waals surface area contributed by atoms with E-state index in [9.17, 15) is 12.8 Å². The lowest BCUT2D eigenvalue weighted by molar-refractivity contribution is 0.578. The number of aryl methyl sites for hydroxylation is 1. The molecule has 0 saturated carbocycles. The molecule has 2 rings (SSSR count). The first kappa shape index (κ1) is 16.9. The molecule has 0 spiro atoms. The molecule has 0 aromatic heterocycles. The minimum atomic E-state index is -3.36. The van der Waals surface area contributed by atoms with E-state index in [4.69, 9.17) is 11.6 Å². The maximum Gasteiger partial charge on any atom is 0.215 e. The zero-order chi connectivity index (χ0) is 16.0. The summed E-state index contributed by atoms with van der Waals surface area (Å²) in [4.78, 5) is 0. The van der Waals surface area contributed by atoms with Gasteiger partial charge in [-0.3, -0.25) is 0 Å². The zero-order valence-electron chi connectivity index (χ0n) is 11.9. The van der Waals surface area contributed by atoms with Gasteiger partial charge in [0.2, 0.25) is 10.0 Å². The molecule has 0 unspecified atom stereocenters. The summed E-state index contributed by atoms with van der Waals surface area (Å²) in [5.41, 5.74) is 1.67. The highest BCUT2D eigenvalue weighted by Gasteiger charge is 2.10. The summed E-state index contributed by atoms with van der Waals surface area (Å²) in [5.74, 6) is -0.340. The zero-order valence-corrected chi connectivity index (χ0v) is 13.5. The number of hydrogen-bond donors (Lipinski definition) is 1. The van der Waals surface area contributed by atoms with Crippen LogP contribution < -0.4 is 4.72 Å². The third-order valence-corrected chi connectivity index (χ3v) is 4.76. The fourth-order valence-electron chi connectivity index (χ4n) is 2.02. The molecule has 0 heterocycles. The molecule has 0 aliphatic heterocycles. The molecule has 1 N–H and O–H groups in total. The van der Waals surface area contributed by atoms with Crippen molar-refractivity contribution in [2.24, 2.45) is 0 Å². The van der Waals surface area contributed by atoms with Crippen LogP contribution in [0.2, 0.25) is 5.02 Å². The van der Waals surface area contributed by atoms with Crippen molar-refractivity contribution in [1.29, 1.82) is 0 Å². The van der Waals surface area contributed by atoms with Crippen molar-refractivity contribution in [3.05, 3.63) is 70.5 Å². The largest absolute Gasteiger partial charge is 0.215 e. The number of benzene rings is 2. The van der Waals surface area contributed by atoms with Gasteiger partial charge in [0, 0.05) is 11.6 Å². The maximum atomic E-state index is 12.8. The van der Waals surface area contributed by atoms with Crippen LogP contribution in [0.4, 0.5) is 4.39 Å². The van der Waals surface area contributed by atoms with Crippen molar-refractivity contribution < 1.29 is 12.8 Å². The molecule has 118 valence electrons. The second-order valence-corrected chi connectivity index (χ2v) is 7.25. The Balaban J connectivity index is 1.77. The molecule has 6 heteroatoms. The lowest BCUT2D eigenvalue weighted by atomic mass is 10.1. The number of rotatable bonds is 7. The predicted molar refractivity (Wildman–Crippen MR) is 86.8 cm³/mol. The Morgan fingerprint density at radius 2 is 1.55 bits per heavy atom. The number of halogens is 2. The Bertz CT molecular complexity index is 700. The molecule has 0 atom stereocenters. The van der Waals surface area contributed by atoms with Gasteiger partial charge < -0.3 is 0 Å². The van der Waals surface area contributed by atoms with Crippen LogP contribution in [0.3, 0.4) is 0 Å². The Morgan fingerprint density at radius 3 is 2.18 bits per heavy atom. The first-order chi connectivity index (χ1) is 10.4. The summed E-state index contributed by atoms with van der Waals surface area (Å²) >= 11 is 5.76. The van der Waals surface area contributed by atoms with E-state index < -0.39 is 10.0 Å². The normalized spacial score (nSPS) is 11.5. The smallest absolute Gasteiger partial charge is 0.215 e. The molecule has 0 fully saturated rings. The first-order valence-corrected chi connectivity index (χ1v) is 8.94. The summed E-state index contributed by atoms with van der Waals surface area (Å²) < 4.78 is 39.2. The Kier molecular flexibility index (Phi) is 5.94. The van der Waals surface area contributed by atoms with E-state index in [-0.39, 0.29) is 11.6 Å². The van der Waals surface area contributed by atoms with Gasteiger partial charge in [0.1, 0.15) is 5.82 Å². The van der Waals surface area contributed by atoms with Crippen molar-refractivity contribution in [3.8, 4) is 0 Å². The molecule has 0 radical (unpaired) electrons. The molecular formula is C16H17ClFNO2S. The highest BCUT2D eigenvalue weighted by atomic mass is 35.5. The van der Waals surface area contributed by atoms with E-state index in [1.165, 1.54) is 12.1 Å². The average molecular weight is 342 g/mol. The van der Waals surface area contributed by atoms with E-state index in [0.717, 1.165) is 5.56 Å². The minimum Gasteiger partial charge on any atom is -0.215 e. The Labute approximate surface area is 135 Å². The van der Waals surface area contributed by atoms with Gasteiger partial charge in [-0.25, -0.2) is 17.5 Å². The Morgan fingerprint density at radius 1 is 0.955 bits per heavy atom. The summed E-state index contributed by atoms with van der Waals surface area (Å²) in [6, 6.07) is 12.9. The summed E-state index contributed by atoms with van der Waals surface area (Å²) in [5, 5.41) is 0.577. The van der Waals surface area contributed by atoms with Gasteiger partial charge in [-0.2, -0.15) is 0 Å². The molecular weight excluding hydrogens is 325 g/mol. The fraction of sp³-hybridized carbons (Fsp3) is 0.250. The van der Waals surface area contributed by atoms with Crippen molar-refractivity contribution in [2.45, 2.75) is 18.6 Å². The highest BCUT2D eigenvalue weighted by Crippen LogP contribution is 2.11. The van der Waals surface area contributed by atoms with E-state index in [1.54, 1.807) is 36.4 Å². The van der Waals surface area contributed by atoms with Crippen molar-refractivity contribution in [1.82, 2.24) is 4.72 Å². The van der Waals surface area contributed by atoms with Crippen LogP contribution in [0.5, 0.6) is 0 Å². The highest BCUT2D eigenvalue weighted by molar-refractivity contribution is 7.88. The third-order valence-electron chi connectivity index (χ3n) is 3.15. The minimum absolute atomic E-state index is 0.0687. The van der Waals surface area contributed by atoms with Gasteiger partial charge in [-0.15, -0.1) is 0 Å². The lowest BCUT2D eigenvalue weighted by Crippen LogP contribution is -2.26. The molecule has 22 heavy (non-hydrogen) atoms. The van der Waals surface area contributed by atoms with E-state index >= 15 is 0 Å². The number of sulfonamides is 1. The standard InChI is InChI=1S/C16H17ClFNO2S/c17-15-7-3-14(4-8-15)12-22(20,21)19-11-1-2-13-5-9-16(18)10-6-13/h3-10,19H,1-2,11-12H2. The van der Waals surface area contributed by atoms with Gasteiger partial charge in [0.25, 0.3) is 0 Å². The third kappa shape index (κ3) is 5.75. The molecule has 0 bridgehead atoms. The van der Waals surface area contributed by atoms with Crippen LogP contribution in [-0.2, 0) is 22.2 Å². The van der Waals surface area contributed by atoms with E-state index in [0.29, 0.717) is 30.0 Å². The van der Waals surface area contributed by atoms with E-state index in [2.05, 4.69) is 4.72 Å². The van der Waals surface area contributed by atoms with Crippen LogP contribution in [0.1, 0.15) is 17.5 Å². The van der Waals surface area contributed by atoms with Gasteiger partial charge in [0.05, 0.1) is 5.75 Å². The lowest BCUT2D eigenvalue weighted by Gasteiger charge is -2.07. The molecule has 0 amide bonds. The molecule has 2 aromatic carbocycles. The quantitative estimate of drug-likeness (QED) is 0.783. The Hall–Kier alpha value is -1.43. The van der Waals surface area contributed by atoms with Crippen LogP contribution in [-0.4, -0.2) is 15.0 Å². The summed E-state index contributed by atoms with van der Waals surface area (Å²) in [7, 11) is -3.36. The van der Waals surface area contributed by atoms with Crippen molar-refractivity contribution in [2.75, 3.05) is 6.54 Å². The number of hydrogen-bond acceptors (Lipinski definition) is 2. The van der Waals surface area contributed by atoms with Crippen LogP contribution in [0, 0.1) is 5.82 Å². The second-order valence-electron chi connectivity index (χ2n) is 5.01. The van der Waals surface area contributed by atoms with Gasteiger partial charge >= 0.3 is 0 Å². The van der Waals surface area contributed by atoms with Crippen LogP contribution in [0.15, 0.2) is 48.5 Å². The van der Waals surface area contributed by atoms with Crippen LogP contribution in [0.25, 0.3) is 0 Å². The average Bonchev–Trinajstić information content (AvgIpc) is 2.48. The summed E-state index contributed by atoms with van der Waals surface area (Å²) in [6.45, 7) is 0.354. The predicted octanol–water partition coefficient (Wildman–Crippen LogP) is 3.53. The maximum absolute atomic E-state index is 12.8. The fourth-order valence-corrected chi connectivity index (χ4v) is 3.34. The molecule has 0 aliphatic rings. The van der Waals surface area contributed by atoms with Gasteiger partial charge in [-0.05, 0) is 48.2 Å². The van der Waals surface area contributed by atoms with Crippen molar-refractivity contribution >= 4 is 21.6 Å². The monoisotopic (exact) mass is 341 g/mol. The molecule has 0 saturated heterocycles. The van der Waals surface area contributed by atoms with E-state index in [1.807, 2.05) is 0 Å². The summed E-state index contributed by atoms with van der Waals surface area (Å²) in [6.07, 6.45) is 1.36. The van der Waals surface area contributed by atoms with Gasteiger partial charge in [-0.1, -0.05) is 35.9 Å². The topological polar surface area (TPSA) is 46.2 Å². The van der Waals surface area contributed by atoms with Gasteiger partial charge in [0.15, 0.2) is 0 Å². The van der Waals surface area contributed by atoms with Crippen molar-refractivity contribution in [3.63, 3.8) is 0 Å². The SMILES string of the molecule is O=S(=O)(Cc1ccc(Cl)cc1)NCCCc1ccc(F)cc1.